The summed E-state index contributed by atoms with van der Waals surface area (Å²) in [7, 11) is 0. The Kier molecular flexibility index (Phi) is 4.21. The second-order valence-electron chi connectivity index (χ2n) is 5.92. The highest BCUT2D eigenvalue weighted by molar-refractivity contribution is 7.17. The van der Waals surface area contributed by atoms with Gasteiger partial charge in [-0.1, -0.05) is 6.07 Å². The van der Waals surface area contributed by atoms with Gasteiger partial charge in [-0.3, -0.25) is 19.0 Å². The molecule has 0 spiro atoms. The fraction of sp³-hybridized carbons (Fsp3) is 0.111. The minimum atomic E-state index is -1.33. The van der Waals surface area contributed by atoms with Crippen LogP contribution >= 0.6 is 11.3 Å². The number of carboxylic acids is 1. The number of aromatic carboxylic acids is 1. The molecule has 0 aliphatic rings. The second-order valence-corrected chi connectivity index (χ2v) is 6.84. The first kappa shape index (κ1) is 17.0. The molecule has 9 heteroatoms. The first-order chi connectivity index (χ1) is 13.0. The molecule has 136 valence electrons. The molecule has 4 rings (SSSR count). The first-order valence-corrected chi connectivity index (χ1v) is 8.90. The Morgan fingerprint density at radius 2 is 2.07 bits per heavy atom. The van der Waals surface area contributed by atoms with Crippen LogP contribution in [0.25, 0.3) is 10.2 Å². The van der Waals surface area contributed by atoms with E-state index in [2.05, 4.69) is 10.1 Å². The lowest BCUT2D eigenvalue weighted by molar-refractivity contribution is 0.0695. The van der Waals surface area contributed by atoms with Crippen molar-refractivity contribution in [3.05, 3.63) is 75.4 Å². The van der Waals surface area contributed by atoms with Crippen LogP contribution in [0.5, 0.6) is 5.75 Å². The van der Waals surface area contributed by atoms with Crippen LogP contribution in [0, 0.1) is 0 Å². The number of hydrogen-bond acceptors (Lipinski definition) is 6. The topological polar surface area (TPSA) is 110 Å². The Morgan fingerprint density at radius 3 is 2.81 bits per heavy atom. The lowest BCUT2D eigenvalue weighted by atomic mass is 10.2. The normalized spacial score (nSPS) is 11.1. The van der Waals surface area contributed by atoms with Crippen molar-refractivity contribution in [3.63, 3.8) is 0 Å². The molecule has 0 saturated carbocycles. The fourth-order valence-corrected chi connectivity index (χ4v) is 3.86. The standard InChI is InChI=1S/C18H14N4O4S/c23-15-14(18(25)26)16-13(4-6-27-16)22(17(15)24)9-11-7-20-21(8-11)10-12-3-1-2-5-19-12/h1-8,23H,9-10H2,(H,25,26). The molecule has 2 N–H and O–H groups in total. The molecule has 0 bridgehead atoms. The number of pyridine rings is 2. The highest BCUT2D eigenvalue weighted by Crippen LogP contribution is 2.29. The molecule has 0 aliphatic carbocycles. The number of hydrogen-bond donors (Lipinski definition) is 2. The Bertz CT molecular complexity index is 1190. The summed E-state index contributed by atoms with van der Waals surface area (Å²) in [5.41, 5.74) is 0.983. The maximum Gasteiger partial charge on any atom is 0.341 e. The summed E-state index contributed by atoms with van der Waals surface area (Å²) in [5.74, 6) is -2.08. The van der Waals surface area contributed by atoms with Crippen molar-refractivity contribution in [2.75, 3.05) is 0 Å². The molecule has 8 nitrogen and oxygen atoms in total. The van der Waals surface area contributed by atoms with Gasteiger partial charge in [0.25, 0.3) is 5.56 Å². The van der Waals surface area contributed by atoms with Gasteiger partial charge in [-0.15, -0.1) is 11.3 Å². The summed E-state index contributed by atoms with van der Waals surface area (Å²) in [6, 6.07) is 7.30. The molecule has 0 aromatic carbocycles. The average molecular weight is 382 g/mol. The third-order valence-electron chi connectivity index (χ3n) is 4.14. The van der Waals surface area contributed by atoms with Crippen LogP contribution in [0.2, 0.25) is 0 Å². The lowest BCUT2D eigenvalue weighted by Crippen LogP contribution is -2.22. The minimum Gasteiger partial charge on any atom is -0.502 e. The van der Waals surface area contributed by atoms with Gasteiger partial charge >= 0.3 is 5.97 Å². The lowest BCUT2D eigenvalue weighted by Gasteiger charge is -2.09. The summed E-state index contributed by atoms with van der Waals surface area (Å²) in [6.45, 7) is 0.661. The van der Waals surface area contributed by atoms with Crippen LogP contribution in [0.1, 0.15) is 21.6 Å². The molecule has 0 unspecified atom stereocenters. The number of carboxylic acid groups (broad SMARTS) is 1. The minimum absolute atomic E-state index is 0.168. The molecule has 0 atom stereocenters. The van der Waals surface area contributed by atoms with E-state index < -0.39 is 17.3 Å². The highest BCUT2D eigenvalue weighted by Gasteiger charge is 2.22. The van der Waals surface area contributed by atoms with Crippen molar-refractivity contribution >= 4 is 27.5 Å². The van der Waals surface area contributed by atoms with Gasteiger partial charge in [-0.2, -0.15) is 5.10 Å². The molecule has 0 fully saturated rings. The van der Waals surface area contributed by atoms with E-state index in [1.807, 2.05) is 18.2 Å². The molecular formula is C18H14N4O4S. The van der Waals surface area contributed by atoms with E-state index in [9.17, 15) is 19.8 Å². The van der Waals surface area contributed by atoms with Gasteiger partial charge in [-0.05, 0) is 23.6 Å². The first-order valence-electron chi connectivity index (χ1n) is 8.02. The van der Waals surface area contributed by atoms with Crippen molar-refractivity contribution in [2.45, 2.75) is 13.1 Å². The van der Waals surface area contributed by atoms with E-state index in [1.165, 1.54) is 15.9 Å². The smallest absolute Gasteiger partial charge is 0.341 e. The summed E-state index contributed by atoms with van der Waals surface area (Å²) >= 11 is 1.17. The molecule has 4 heterocycles. The second kappa shape index (κ2) is 6.69. The van der Waals surface area contributed by atoms with E-state index in [1.54, 1.807) is 34.7 Å². The predicted molar refractivity (Wildman–Crippen MR) is 99.4 cm³/mol. The van der Waals surface area contributed by atoms with Gasteiger partial charge in [-0.25, -0.2) is 4.79 Å². The highest BCUT2D eigenvalue weighted by atomic mass is 32.1. The van der Waals surface area contributed by atoms with E-state index in [4.69, 9.17) is 0 Å². The largest absolute Gasteiger partial charge is 0.502 e. The number of aromatic hydroxyl groups is 1. The van der Waals surface area contributed by atoms with Gasteiger partial charge < -0.3 is 10.2 Å². The molecular weight excluding hydrogens is 368 g/mol. The Balaban J connectivity index is 1.70. The van der Waals surface area contributed by atoms with Gasteiger partial charge in [0.05, 0.1) is 35.2 Å². The van der Waals surface area contributed by atoms with Gasteiger partial charge in [0.1, 0.15) is 5.56 Å². The van der Waals surface area contributed by atoms with E-state index in [0.29, 0.717) is 16.8 Å². The number of aromatic nitrogens is 4. The van der Waals surface area contributed by atoms with Crippen molar-refractivity contribution in [1.29, 1.82) is 0 Å². The Labute approximate surface area is 156 Å². The molecule has 4 aromatic heterocycles. The van der Waals surface area contributed by atoms with Crippen LogP contribution < -0.4 is 5.56 Å². The van der Waals surface area contributed by atoms with Gasteiger partial charge in [0.15, 0.2) is 5.75 Å². The number of thiophene rings is 1. The molecule has 0 amide bonds. The van der Waals surface area contributed by atoms with Crippen LogP contribution in [0.3, 0.4) is 0 Å². The van der Waals surface area contributed by atoms with Crippen molar-refractivity contribution < 1.29 is 15.0 Å². The zero-order chi connectivity index (χ0) is 19.0. The van der Waals surface area contributed by atoms with Crippen LogP contribution in [-0.4, -0.2) is 35.5 Å². The molecule has 0 saturated heterocycles. The zero-order valence-electron chi connectivity index (χ0n) is 13.9. The third-order valence-corrected chi connectivity index (χ3v) is 5.06. The van der Waals surface area contributed by atoms with E-state index in [-0.39, 0.29) is 12.1 Å². The monoisotopic (exact) mass is 382 g/mol. The van der Waals surface area contributed by atoms with Gasteiger partial charge in [0, 0.05) is 18.0 Å². The number of carbonyl (C=O) groups is 1. The van der Waals surface area contributed by atoms with Crippen LogP contribution in [0.4, 0.5) is 0 Å². The predicted octanol–water partition coefficient (Wildman–Crippen LogP) is 2.15. The van der Waals surface area contributed by atoms with Crippen LogP contribution in [0.15, 0.2) is 53.0 Å². The summed E-state index contributed by atoms with van der Waals surface area (Å²) in [6.07, 6.45) is 5.14. The molecule has 27 heavy (non-hydrogen) atoms. The fourth-order valence-electron chi connectivity index (χ4n) is 2.92. The third kappa shape index (κ3) is 3.08. The SMILES string of the molecule is O=C(O)c1c(O)c(=O)n(Cc2cnn(Cc3ccccn3)c2)c2ccsc12. The summed E-state index contributed by atoms with van der Waals surface area (Å²) < 4.78 is 3.43. The zero-order valence-corrected chi connectivity index (χ0v) is 14.8. The van der Waals surface area contributed by atoms with Crippen LogP contribution in [-0.2, 0) is 13.1 Å². The van der Waals surface area contributed by atoms with Crippen molar-refractivity contribution in [1.82, 2.24) is 19.3 Å². The van der Waals surface area contributed by atoms with Gasteiger partial charge in [0.2, 0.25) is 0 Å². The van der Waals surface area contributed by atoms with Crippen molar-refractivity contribution in [2.24, 2.45) is 0 Å². The summed E-state index contributed by atoms with van der Waals surface area (Å²) in [5, 5.41) is 25.4. The van der Waals surface area contributed by atoms with E-state index in [0.717, 1.165) is 11.3 Å². The quantitative estimate of drug-likeness (QED) is 0.547. The number of fused-ring (bicyclic) bond motifs is 1. The van der Waals surface area contributed by atoms with E-state index >= 15 is 0 Å². The number of nitrogens with zero attached hydrogens (tertiary/aromatic N) is 4. The molecule has 0 aliphatic heterocycles. The Morgan fingerprint density at radius 1 is 1.22 bits per heavy atom. The maximum absolute atomic E-state index is 12.5. The average Bonchev–Trinajstić information content (AvgIpc) is 3.29. The summed E-state index contributed by atoms with van der Waals surface area (Å²) in [4.78, 5) is 28.2. The Hall–Kier alpha value is -3.46. The maximum atomic E-state index is 12.5. The number of rotatable bonds is 5. The molecule has 0 radical (unpaired) electrons. The van der Waals surface area contributed by atoms with Crippen molar-refractivity contribution in [3.8, 4) is 5.75 Å². The molecule has 4 aromatic rings.